The zero-order chi connectivity index (χ0) is 23.6. The molecule has 0 unspecified atom stereocenters. The molecular weight excluding hydrogens is 424 g/mol. The summed E-state index contributed by atoms with van der Waals surface area (Å²) in [5, 5.41) is 3.61. The monoisotopic (exact) mass is 448 g/mol. The first kappa shape index (κ1) is 21.0. The zero-order valence-electron chi connectivity index (χ0n) is 19.5. The van der Waals surface area contributed by atoms with Crippen LogP contribution in [0.15, 0.2) is 126 Å². The van der Waals surface area contributed by atoms with Gasteiger partial charge in [-0.05, 0) is 58.7 Å². The number of pyridine rings is 1. The van der Waals surface area contributed by atoms with E-state index in [4.69, 9.17) is 4.98 Å². The van der Waals surface area contributed by atoms with E-state index < -0.39 is 0 Å². The third-order valence-corrected chi connectivity index (χ3v) is 6.39. The van der Waals surface area contributed by atoms with Crippen LogP contribution in [-0.2, 0) is 0 Å². The van der Waals surface area contributed by atoms with Gasteiger partial charge in [-0.1, -0.05) is 103 Å². The SMILES string of the molecule is Cc1ccc(C=Nc2ccc(-c3cc(-c4ccccc4)nc4ccc5ccccc5c34)cc2)cc1. The molecule has 166 valence electrons. The maximum Gasteiger partial charge on any atom is 0.0722 e. The first-order valence-corrected chi connectivity index (χ1v) is 11.8. The quantitative estimate of drug-likeness (QED) is 0.195. The number of aromatic nitrogens is 1. The molecule has 35 heavy (non-hydrogen) atoms. The summed E-state index contributed by atoms with van der Waals surface area (Å²) in [6.07, 6.45) is 1.91. The van der Waals surface area contributed by atoms with Crippen molar-refractivity contribution in [2.75, 3.05) is 0 Å². The average molecular weight is 449 g/mol. The molecule has 0 saturated heterocycles. The third kappa shape index (κ3) is 4.22. The van der Waals surface area contributed by atoms with E-state index in [9.17, 15) is 0 Å². The van der Waals surface area contributed by atoms with Gasteiger partial charge in [0.1, 0.15) is 0 Å². The van der Waals surface area contributed by atoms with Crippen LogP contribution in [0.2, 0.25) is 0 Å². The van der Waals surface area contributed by atoms with E-state index in [0.717, 1.165) is 33.6 Å². The van der Waals surface area contributed by atoms with Gasteiger partial charge in [0.15, 0.2) is 0 Å². The van der Waals surface area contributed by atoms with Crippen LogP contribution < -0.4 is 0 Å². The lowest BCUT2D eigenvalue weighted by atomic mass is 9.94. The van der Waals surface area contributed by atoms with Crippen molar-refractivity contribution in [3.63, 3.8) is 0 Å². The number of fused-ring (bicyclic) bond motifs is 3. The predicted octanol–water partition coefficient (Wildman–Crippen LogP) is 8.78. The van der Waals surface area contributed by atoms with Crippen LogP contribution in [0.3, 0.4) is 0 Å². The number of hydrogen-bond acceptors (Lipinski definition) is 2. The Bertz CT molecular complexity index is 1660. The van der Waals surface area contributed by atoms with Gasteiger partial charge in [-0.15, -0.1) is 0 Å². The Labute approximate surface area is 205 Å². The highest BCUT2D eigenvalue weighted by Crippen LogP contribution is 2.37. The Kier molecular flexibility index (Phi) is 5.40. The van der Waals surface area contributed by atoms with Gasteiger partial charge in [0.05, 0.1) is 16.9 Å². The number of aryl methyl sites for hydroxylation is 1. The summed E-state index contributed by atoms with van der Waals surface area (Å²) in [5.74, 6) is 0. The minimum Gasteiger partial charge on any atom is -0.256 e. The molecule has 0 atom stereocenters. The molecule has 0 amide bonds. The van der Waals surface area contributed by atoms with Crippen LogP contribution in [0.1, 0.15) is 11.1 Å². The van der Waals surface area contributed by atoms with Crippen molar-refractivity contribution in [3.8, 4) is 22.4 Å². The van der Waals surface area contributed by atoms with Crippen LogP contribution in [0.5, 0.6) is 0 Å². The van der Waals surface area contributed by atoms with Crippen molar-refractivity contribution in [2.24, 2.45) is 4.99 Å². The number of rotatable bonds is 4. The van der Waals surface area contributed by atoms with E-state index in [1.165, 1.54) is 27.3 Å². The van der Waals surface area contributed by atoms with Crippen molar-refractivity contribution < 1.29 is 0 Å². The lowest BCUT2D eigenvalue weighted by Gasteiger charge is -2.13. The van der Waals surface area contributed by atoms with Gasteiger partial charge < -0.3 is 0 Å². The zero-order valence-corrected chi connectivity index (χ0v) is 19.5. The molecule has 0 aliphatic rings. The third-order valence-electron chi connectivity index (χ3n) is 6.39. The summed E-state index contributed by atoms with van der Waals surface area (Å²) >= 11 is 0. The number of nitrogens with zero attached hydrogens (tertiary/aromatic N) is 2. The Hall–Kier alpha value is -4.56. The second-order valence-electron chi connectivity index (χ2n) is 8.82. The smallest absolute Gasteiger partial charge is 0.0722 e. The summed E-state index contributed by atoms with van der Waals surface area (Å²) in [6.45, 7) is 2.09. The predicted molar refractivity (Wildman–Crippen MR) is 149 cm³/mol. The Morgan fingerprint density at radius 1 is 0.657 bits per heavy atom. The molecule has 5 aromatic carbocycles. The molecular formula is C33H24N2. The van der Waals surface area contributed by atoms with Crippen LogP contribution in [-0.4, -0.2) is 11.2 Å². The first-order valence-electron chi connectivity index (χ1n) is 11.8. The minimum atomic E-state index is 0.931. The Balaban J connectivity index is 1.48. The molecule has 0 aliphatic carbocycles. The lowest BCUT2D eigenvalue weighted by Crippen LogP contribution is -1.91. The molecule has 0 saturated carbocycles. The van der Waals surface area contributed by atoms with Crippen molar-refractivity contribution in [1.29, 1.82) is 0 Å². The fourth-order valence-corrected chi connectivity index (χ4v) is 4.52. The minimum absolute atomic E-state index is 0.931. The summed E-state index contributed by atoms with van der Waals surface area (Å²) in [7, 11) is 0. The largest absolute Gasteiger partial charge is 0.256 e. The maximum absolute atomic E-state index is 5.04. The van der Waals surface area contributed by atoms with Gasteiger partial charge in [-0.25, -0.2) is 4.98 Å². The first-order chi connectivity index (χ1) is 17.2. The fraction of sp³-hybridized carbons (Fsp3) is 0.0303. The summed E-state index contributed by atoms with van der Waals surface area (Å²) in [6, 6.07) is 42.3. The molecule has 0 spiro atoms. The highest BCUT2D eigenvalue weighted by molar-refractivity contribution is 6.13. The van der Waals surface area contributed by atoms with Crippen molar-refractivity contribution in [2.45, 2.75) is 6.92 Å². The van der Waals surface area contributed by atoms with Gasteiger partial charge in [-0.3, -0.25) is 4.99 Å². The molecule has 0 aliphatic heterocycles. The van der Waals surface area contributed by atoms with Gasteiger partial charge in [0, 0.05) is 17.2 Å². The second kappa shape index (κ2) is 9.00. The molecule has 6 rings (SSSR count). The van der Waals surface area contributed by atoms with E-state index >= 15 is 0 Å². The maximum atomic E-state index is 5.04. The topological polar surface area (TPSA) is 25.2 Å². The molecule has 2 heteroatoms. The van der Waals surface area contributed by atoms with Gasteiger partial charge in [0.2, 0.25) is 0 Å². The number of aliphatic imine (C=N–C) groups is 1. The van der Waals surface area contributed by atoms with E-state index in [1.54, 1.807) is 0 Å². The van der Waals surface area contributed by atoms with E-state index in [-0.39, 0.29) is 0 Å². The summed E-state index contributed by atoms with van der Waals surface area (Å²) < 4.78 is 0. The fourth-order valence-electron chi connectivity index (χ4n) is 4.52. The van der Waals surface area contributed by atoms with Crippen molar-refractivity contribution in [1.82, 2.24) is 4.98 Å². The van der Waals surface area contributed by atoms with Gasteiger partial charge >= 0.3 is 0 Å². The van der Waals surface area contributed by atoms with Crippen LogP contribution in [0, 0.1) is 6.92 Å². The van der Waals surface area contributed by atoms with Gasteiger partial charge in [-0.2, -0.15) is 0 Å². The second-order valence-corrected chi connectivity index (χ2v) is 8.82. The Morgan fingerprint density at radius 3 is 2.20 bits per heavy atom. The molecule has 0 fully saturated rings. The summed E-state index contributed by atoms with van der Waals surface area (Å²) in [5.41, 5.74) is 8.70. The molecule has 0 N–H and O–H groups in total. The highest BCUT2D eigenvalue weighted by Gasteiger charge is 2.12. The molecule has 0 bridgehead atoms. The number of benzene rings is 5. The van der Waals surface area contributed by atoms with Gasteiger partial charge in [0.25, 0.3) is 0 Å². The lowest BCUT2D eigenvalue weighted by molar-refractivity contribution is 1.40. The van der Waals surface area contributed by atoms with Crippen molar-refractivity contribution >= 4 is 33.6 Å². The molecule has 2 nitrogen and oxygen atoms in total. The molecule has 0 radical (unpaired) electrons. The van der Waals surface area contributed by atoms with Crippen molar-refractivity contribution in [3.05, 3.63) is 132 Å². The van der Waals surface area contributed by atoms with Crippen LogP contribution in [0.4, 0.5) is 5.69 Å². The normalized spacial score (nSPS) is 11.5. The molecule has 1 heterocycles. The highest BCUT2D eigenvalue weighted by atomic mass is 14.7. The van der Waals surface area contributed by atoms with E-state index in [0.29, 0.717) is 0 Å². The van der Waals surface area contributed by atoms with E-state index in [1.807, 2.05) is 12.3 Å². The molecule has 1 aromatic heterocycles. The van der Waals surface area contributed by atoms with E-state index in [2.05, 4.69) is 127 Å². The molecule has 6 aromatic rings. The standard InChI is InChI=1S/C33H24N2/c1-23-11-13-24(14-12-23)22-34-28-18-15-26(16-19-28)30-21-32(27-8-3-2-4-9-27)35-31-20-17-25-7-5-6-10-29(25)33(30)31/h2-22H,1H3. The van der Waals surface area contributed by atoms with Crippen LogP contribution >= 0.6 is 0 Å². The van der Waals surface area contributed by atoms with Crippen LogP contribution in [0.25, 0.3) is 44.1 Å². The summed E-state index contributed by atoms with van der Waals surface area (Å²) in [4.78, 5) is 9.73. The average Bonchev–Trinajstić information content (AvgIpc) is 2.93. The number of hydrogen-bond donors (Lipinski definition) is 0. The Morgan fingerprint density at radius 2 is 1.40 bits per heavy atom.